The molecule has 2 atom stereocenters. The minimum atomic E-state index is -0.874. The Balaban J connectivity index is 3.57. The first kappa shape index (κ1) is 50.8. The summed E-state index contributed by atoms with van der Waals surface area (Å²) in [6.45, 7) is 4.73. The molecule has 6 heteroatoms. The number of carbonyl (C=O) groups is 2. The molecule has 0 saturated heterocycles. The summed E-state index contributed by atoms with van der Waals surface area (Å²) in [5.74, 6) is -0.182. The van der Waals surface area contributed by atoms with Crippen LogP contribution in [0.2, 0.25) is 0 Å². The molecule has 0 fully saturated rings. The molecule has 1 amide bonds. The molecule has 0 spiro atoms. The fourth-order valence-electron chi connectivity index (χ4n) is 6.31. The Hall–Kier alpha value is -2.18. The van der Waals surface area contributed by atoms with Crippen molar-refractivity contribution in [1.82, 2.24) is 5.32 Å². The molecule has 3 N–H and O–H groups in total. The highest BCUT2D eigenvalue weighted by atomic mass is 16.5. The second-order valence-electron chi connectivity index (χ2n) is 15.0. The van der Waals surface area contributed by atoms with Crippen molar-refractivity contribution < 1.29 is 24.5 Å². The molecule has 0 aliphatic heterocycles. The largest absolute Gasteiger partial charge is 0.466 e. The van der Waals surface area contributed by atoms with Gasteiger partial charge in [-0.3, -0.25) is 9.59 Å². The number of amides is 1. The van der Waals surface area contributed by atoms with Gasteiger partial charge in [0.15, 0.2) is 0 Å². The number of unbranched alkanes of at least 4 members (excludes halogenated alkanes) is 23. The predicted octanol–water partition coefficient (Wildman–Crippen LogP) is 12.7. The summed E-state index contributed by atoms with van der Waals surface area (Å²) < 4.78 is 5.43. The molecule has 308 valence electrons. The van der Waals surface area contributed by atoms with E-state index in [0.29, 0.717) is 19.4 Å². The first-order valence-electron chi connectivity index (χ1n) is 22.4. The van der Waals surface area contributed by atoms with Crippen LogP contribution in [0.1, 0.15) is 213 Å². The van der Waals surface area contributed by atoms with Crippen molar-refractivity contribution in [3.63, 3.8) is 0 Å². The van der Waals surface area contributed by atoms with Crippen molar-refractivity contribution in [3.05, 3.63) is 48.6 Å². The lowest BCUT2D eigenvalue weighted by Crippen LogP contribution is -2.45. The second-order valence-corrected chi connectivity index (χ2v) is 15.0. The van der Waals surface area contributed by atoms with Crippen LogP contribution >= 0.6 is 0 Å². The highest BCUT2D eigenvalue weighted by molar-refractivity contribution is 5.76. The van der Waals surface area contributed by atoms with Crippen LogP contribution in [0, 0.1) is 0 Å². The van der Waals surface area contributed by atoms with Crippen LogP contribution in [-0.4, -0.2) is 47.4 Å². The van der Waals surface area contributed by atoms with E-state index in [2.05, 4.69) is 55.6 Å². The van der Waals surface area contributed by atoms with E-state index in [4.69, 9.17) is 4.74 Å². The van der Waals surface area contributed by atoms with Crippen molar-refractivity contribution in [2.75, 3.05) is 13.2 Å². The third kappa shape index (κ3) is 39.3. The highest BCUT2D eigenvalue weighted by Gasteiger charge is 2.17. The van der Waals surface area contributed by atoms with Gasteiger partial charge in [0.05, 0.1) is 25.4 Å². The number of carbonyl (C=O) groups excluding carboxylic acids is 2. The van der Waals surface area contributed by atoms with E-state index >= 15 is 0 Å². The summed E-state index contributed by atoms with van der Waals surface area (Å²) in [7, 11) is 0. The van der Waals surface area contributed by atoms with Gasteiger partial charge in [0.25, 0.3) is 0 Å². The third-order valence-electron chi connectivity index (χ3n) is 9.81. The van der Waals surface area contributed by atoms with Gasteiger partial charge in [-0.1, -0.05) is 165 Å². The Kier molecular flexibility index (Phi) is 40.8. The van der Waals surface area contributed by atoms with E-state index in [1.165, 1.54) is 109 Å². The quantitative estimate of drug-likeness (QED) is 0.0330. The average molecular weight is 744 g/mol. The maximum Gasteiger partial charge on any atom is 0.305 e. The molecule has 0 bridgehead atoms. The van der Waals surface area contributed by atoms with Crippen molar-refractivity contribution in [3.8, 4) is 0 Å². The molecule has 2 unspecified atom stereocenters. The molecule has 0 aliphatic rings. The Bertz CT molecular complexity index is 911. The molecule has 0 aromatic carbocycles. The van der Waals surface area contributed by atoms with Gasteiger partial charge in [-0.2, -0.15) is 0 Å². The molecular weight excluding hydrogens is 659 g/mol. The predicted molar refractivity (Wildman–Crippen MR) is 227 cm³/mol. The van der Waals surface area contributed by atoms with Crippen molar-refractivity contribution in [2.24, 2.45) is 0 Å². The lowest BCUT2D eigenvalue weighted by molar-refractivity contribution is -0.143. The van der Waals surface area contributed by atoms with Crippen LogP contribution in [0.4, 0.5) is 0 Å². The molecule has 0 aromatic rings. The Morgan fingerprint density at radius 2 is 0.962 bits per heavy atom. The molecule has 0 aromatic heterocycles. The standard InChI is InChI=1S/C47H85NO5/c1-3-5-7-9-11-13-14-15-16-17-18-19-20-21-25-29-33-37-41-47(52)53-42-38-34-30-26-22-24-28-32-36-40-46(51)48-44(43-49)45(50)39-35-31-27-23-12-10-8-6-4-2/h13-14,16-17,24,28,35,39,44-45,49-50H,3-12,15,18-23,25-27,29-34,36-38,40-43H2,1-2H3,(H,48,51)/b14-13-,17-16-,28-24-,39-35+. The summed E-state index contributed by atoms with van der Waals surface area (Å²) in [5, 5.41) is 22.8. The fourth-order valence-corrected chi connectivity index (χ4v) is 6.31. The van der Waals surface area contributed by atoms with Gasteiger partial charge in [0.2, 0.25) is 5.91 Å². The zero-order valence-electron chi connectivity index (χ0n) is 34.7. The fraction of sp³-hybridized carbons (Fsp3) is 0.787. The lowest BCUT2D eigenvalue weighted by Gasteiger charge is -2.19. The smallest absolute Gasteiger partial charge is 0.305 e. The maximum atomic E-state index is 12.3. The molecule has 0 heterocycles. The van der Waals surface area contributed by atoms with Gasteiger partial charge in [-0.05, 0) is 83.5 Å². The van der Waals surface area contributed by atoms with Crippen LogP contribution in [0.3, 0.4) is 0 Å². The van der Waals surface area contributed by atoms with E-state index in [9.17, 15) is 19.8 Å². The van der Waals surface area contributed by atoms with Gasteiger partial charge in [0.1, 0.15) is 0 Å². The van der Waals surface area contributed by atoms with Crippen LogP contribution in [-0.2, 0) is 14.3 Å². The van der Waals surface area contributed by atoms with Crippen LogP contribution in [0.15, 0.2) is 48.6 Å². The number of nitrogens with one attached hydrogen (secondary N) is 1. The van der Waals surface area contributed by atoms with E-state index in [-0.39, 0.29) is 18.5 Å². The molecule has 0 saturated carbocycles. The van der Waals surface area contributed by atoms with E-state index < -0.39 is 12.1 Å². The van der Waals surface area contributed by atoms with Gasteiger partial charge in [-0.25, -0.2) is 0 Å². The Morgan fingerprint density at radius 3 is 1.51 bits per heavy atom. The number of esters is 1. The van der Waals surface area contributed by atoms with Crippen molar-refractivity contribution >= 4 is 11.9 Å². The summed E-state index contributed by atoms with van der Waals surface area (Å²) in [5.41, 5.74) is 0. The van der Waals surface area contributed by atoms with E-state index in [1.54, 1.807) is 6.08 Å². The van der Waals surface area contributed by atoms with Crippen LogP contribution in [0.5, 0.6) is 0 Å². The minimum Gasteiger partial charge on any atom is -0.466 e. The topological polar surface area (TPSA) is 95.9 Å². The SMILES string of the molecule is CCCCCC/C=C\C/C=C\CCCCCCCCCC(=O)OCCCCCC/C=C\CCCC(=O)NC(CO)C(O)/C=C/CCCCCCCCC. The lowest BCUT2D eigenvalue weighted by atomic mass is 10.1. The minimum absolute atomic E-state index is 0.0475. The molecule has 0 radical (unpaired) electrons. The monoisotopic (exact) mass is 744 g/mol. The van der Waals surface area contributed by atoms with Crippen LogP contribution < -0.4 is 5.32 Å². The molecule has 6 nitrogen and oxygen atoms in total. The number of allylic oxidation sites excluding steroid dienone is 7. The van der Waals surface area contributed by atoms with Crippen LogP contribution in [0.25, 0.3) is 0 Å². The first-order valence-corrected chi connectivity index (χ1v) is 22.4. The number of aliphatic hydroxyl groups excluding tert-OH is 2. The summed E-state index contributed by atoms with van der Waals surface area (Å²) >= 11 is 0. The van der Waals surface area contributed by atoms with Gasteiger partial charge < -0.3 is 20.3 Å². The zero-order chi connectivity index (χ0) is 38.7. The zero-order valence-corrected chi connectivity index (χ0v) is 34.7. The second kappa shape index (κ2) is 42.6. The molecule has 0 rings (SSSR count). The highest BCUT2D eigenvalue weighted by Crippen LogP contribution is 2.12. The summed E-state index contributed by atoms with van der Waals surface area (Å²) in [6.07, 6.45) is 51.1. The Labute approximate surface area is 327 Å². The Morgan fingerprint density at radius 1 is 0.528 bits per heavy atom. The van der Waals surface area contributed by atoms with Gasteiger partial charge in [0, 0.05) is 12.8 Å². The summed E-state index contributed by atoms with van der Waals surface area (Å²) in [4.78, 5) is 24.3. The van der Waals surface area contributed by atoms with Gasteiger partial charge >= 0.3 is 5.97 Å². The normalized spacial score (nSPS) is 13.2. The average Bonchev–Trinajstić information content (AvgIpc) is 3.16. The number of hydrogen-bond acceptors (Lipinski definition) is 5. The van der Waals surface area contributed by atoms with Crippen molar-refractivity contribution in [1.29, 1.82) is 0 Å². The van der Waals surface area contributed by atoms with Crippen molar-refractivity contribution in [2.45, 2.75) is 225 Å². The number of aliphatic hydroxyl groups is 2. The number of ether oxygens (including phenoxy) is 1. The number of rotatable bonds is 40. The molecule has 53 heavy (non-hydrogen) atoms. The number of hydrogen-bond donors (Lipinski definition) is 3. The molecular formula is C47H85NO5. The maximum absolute atomic E-state index is 12.3. The van der Waals surface area contributed by atoms with E-state index in [0.717, 1.165) is 77.0 Å². The molecule has 0 aliphatic carbocycles. The first-order chi connectivity index (χ1) is 26.0. The van der Waals surface area contributed by atoms with Gasteiger partial charge in [-0.15, -0.1) is 0 Å². The third-order valence-corrected chi connectivity index (χ3v) is 9.81. The summed E-state index contributed by atoms with van der Waals surface area (Å²) in [6, 6.07) is -0.664. The van der Waals surface area contributed by atoms with E-state index in [1.807, 2.05) is 6.08 Å².